The average molecular weight is 353 g/mol. The second-order valence-electron chi connectivity index (χ2n) is 6.82. The lowest BCUT2D eigenvalue weighted by Crippen LogP contribution is -2.46. The van der Waals surface area contributed by atoms with E-state index in [4.69, 9.17) is 5.73 Å². The summed E-state index contributed by atoms with van der Waals surface area (Å²) in [5, 5.41) is 2.63. The molecule has 0 bridgehead atoms. The quantitative estimate of drug-likeness (QED) is 0.807. The van der Waals surface area contributed by atoms with Gasteiger partial charge in [-0.3, -0.25) is 14.6 Å². The highest BCUT2D eigenvalue weighted by Gasteiger charge is 2.34. The molecule has 2 atom stereocenters. The smallest absolute Gasteiger partial charge is 0.313 e. The lowest BCUT2D eigenvalue weighted by atomic mass is 9.90. The molecule has 0 radical (unpaired) electrons. The van der Waals surface area contributed by atoms with E-state index in [9.17, 15) is 9.59 Å². The third-order valence-electron chi connectivity index (χ3n) is 4.74. The van der Waals surface area contributed by atoms with Crippen molar-refractivity contribution in [3.8, 4) is 0 Å². The van der Waals surface area contributed by atoms with Crippen LogP contribution in [0.25, 0.3) is 0 Å². The van der Waals surface area contributed by atoms with Crippen LogP contribution in [0.4, 0.5) is 11.5 Å². The summed E-state index contributed by atoms with van der Waals surface area (Å²) in [5.41, 5.74) is 7.89. The molecule has 0 spiro atoms. The van der Waals surface area contributed by atoms with E-state index in [0.29, 0.717) is 24.0 Å². The van der Waals surface area contributed by atoms with Crippen molar-refractivity contribution in [1.29, 1.82) is 0 Å². The Balaban J connectivity index is 1.78. The zero-order valence-corrected chi connectivity index (χ0v) is 15.0. The van der Waals surface area contributed by atoms with Crippen LogP contribution in [0.3, 0.4) is 0 Å². The number of nitrogens with one attached hydrogen (secondary N) is 1. The summed E-state index contributed by atoms with van der Waals surface area (Å²) in [5.74, 6) is -0.445. The number of hydrogen-bond acceptors (Lipinski definition) is 5. The van der Waals surface area contributed by atoms with Crippen molar-refractivity contribution in [2.75, 3.05) is 17.6 Å². The van der Waals surface area contributed by atoms with Crippen LogP contribution in [0.15, 0.2) is 36.8 Å². The number of aryl methyl sites for hydroxylation is 1. The summed E-state index contributed by atoms with van der Waals surface area (Å²) < 4.78 is 0. The number of amides is 2. The number of nitrogen functional groups attached to an aromatic ring is 1. The van der Waals surface area contributed by atoms with Crippen LogP contribution in [-0.2, 0) is 9.59 Å². The Hall–Kier alpha value is -2.96. The number of rotatable bonds is 2. The molecule has 3 N–H and O–H groups in total. The average Bonchev–Trinajstić information content (AvgIpc) is 2.64. The van der Waals surface area contributed by atoms with E-state index < -0.39 is 11.8 Å². The maximum Gasteiger partial charge on any atom is 0.313 e. The van der Waals surface area contributed by atoms with Gasteiger partial charge in [0, 0.05) is 18.9 Å². The molecule has 1 fully saturated rings. The largest absolute Gasteiger partial charge is 0.383 e. The van der Waals surface area contributed by atoms with Gasteiger partial charge in [0.2, 0.25) is 0 Å². The fourth-order valence-electron chi connectivity index (χ4n) is 3.28. The van der Waals surface area contributed by atoms with Gasteiger partial charge in [0.15, 0.2) is 0 Å². The number of carbonyl (C=O) groups excluding carboxylic acids is 2. The van der Waals surface area contributed by atoms with Gasteiger partial charge in [0.25, 0.3) is 0 Å². The van der Waals surface area contributed by atoms with E-state index in [-0.39, 0.29) is 6.04 Å². The van der Waals surface area contributed by atoms with Crippen LogP contribution in [-0.4, -0.2) is 33.2 Å². The maximum absolute atomic E-state index is 12.8. The molecule has 0 saturated carbocycles. The van der Waals surface area contributed by atoms with Crippen molar-refractivity contribution < 1.29 is 9.59 Å². The van der Waals surface area contributed by atoms with Crippen molar-refractivity contribution in [3.63, 3.8) is 0 Å². The second kappa shape index (κ2) is 7.51. The van der Waals surface area contributed by atoms with Gasteiger partial charge in [0.1, 0.15) is 5.82 Å². The second-order valence-corrected chi connectivity index (χ2v) is 6.82. The van der Waals surface area contributed by atoms with Crippen LogP contribution in [0, 0.1) is 12.8 Å². The first kappa shape index (κ1) is 17.8. The number of nitrogens with two attached hydrogens (primary N) is 1. The van der Waals surface area contributed by atoms with Crippen LogP contribution in [0.1, 0.15) is 36.9 Å². The number of piperidine rings is 1. The highest BCUT2D eigenvalue weighted by atomic mass is 16.2. The number of likely N-dealkylation sites (tertiary alicyclic amines) is 1. The van der Waals surface area contributed by atoms with E-state index in [1.165, 1.54) is 6.20 Å². The van der Waals surface area contributed by atoms with Crippen LogP contribution in [0.5, 0.6) is 0 Å². The Kier molecular flexibility index (Phi) is 5.16. The van der Waals surface area contributed by atoms with Crippen molar-refractivity contribution in [3.05, 3.63) is 47.9 Å². The summed E-state index contributed by atoms with van der Waals surface area (Å²) in [6, 6.07) is 5.38. The zero-order valence-electron chi connectivity index (χ0n) is 15.0. The fraction of sp³-hybridized carbons (Fsp3) is 0.368. The fourth-order valence-corrected chi connectivity index (χ4v) is 3.28. The maximum atomic E-state index is 12.8. The molecule has 3 rings (SSSR count). The predicted molar refractivity (Wildman–Crippen MR) is 99.1 cm³/mol. The third kappa shape index (κ3) is 3.82. The minimum atomic E-state index is -0.663. The first-order valence-corrected chi connectivity index (χ1v) is 8.69. The number of hydrogen-bond donors (Lipinski definition) is 2. The molecule has 7 nitrogen and oxygen atoms in total. The standard InChI is InChI=1S/C19H23N5O2/c1-12-3-4-16(14-5-7-21-8-6-14)24(11-12)19(26)18(25)23-15-9-13(2)17(20)22-10-15/h5-10,12,16H,3-4,11H2,1-2H3,(H2,20,22)(H,23,25). The molecule has 1 aliphatic heterocycles. The van der Waals surface area contributed by atoms with Gasteiger partial charge in [-0.05, 0) is 55.0 Å². The molecule has 2 aromatic rings. The first-order valence-electron chi connectivity index (χ1n) is 8.69. The van der Waals surface area contributed by atoms with Crippen molar-refractivity contribution in [2.24, 2.45) is 5.92 Å². The molecule has 2 aromatic heterocycles. The molecule has 2 unspecified atom stereocenters. The van der Waals surface area contributed by atoms with Crippen molar-refractivity contribution in [1.82, 2.24) is 14.9 Å². The van der Waals surface area contributed by atoms with Gasteiger partial charge in [-0.2, -0.15) is 0 Å². The van der Waals surface area contributed by atoms with Gasteiger partial charge in [-0.1, -0.05) is 6.92 Å². The first-order chi connectivity index (χ1) is 12.5. The number of pyridine rings is 2. The molecule has 0 aromatic carbocycles. The SMILES string of the molecule is Cc1cc(NC(=O)C(=O)N2CC(C)CCC2c2ccncc2)cnc1N. The van der Waals surface area contributed by atoms with E-state index >= 15 is 0 Å². The summed E-state index contributed by atoms with van der Waals surface area (Å²) >= 11 is 0. The zero-order chi connectivity index (χ0) is 18.7. The lowest BCUT2D eigenvalue weighted by Gasteiger charge is -2.38. The minimum absolute atomic E-state index is 0.112. The highest BCUT2D eigenvalue weighted by Crippen LogP contribution is 2.33. The number of anilines is 2. The number of nitrogens with zero attached hydrogens (tertiary/aromatic N) is 3. The Bertz CT molecular complexity index is 809. The highest BCUT2D eigenvalue weighted by molar-refractivity contribution is 6.39. The molecule has 0 aliphatic carbocycles. The molecule has 136 valence electrons. The Labute approximate surface area is 152 Å². The molecule has 7 heteroatoms. The van der Waals surface area contributed by atoms with E-state index in [0.717, 1.165) is 24.0 Å². The molecule has 2 amide bonds. The Morgan fingerprint density at radius 3 is 2.69 bits per heavy atom. The molecule has 26 heavy (non-hydrogen) atoms. The van der Waals surface area contributed by atoms with Gasteiger partial charge in [-0.25, -0.2) is 4.98 Å². The molecule has 1 saturated heterocycles. The molecule has 1 aliphatic rings. The van der Waals surface area contributed by atoms with Crippen LogP contribution >= 0.6 is 0 Å². The van der Waals surface area contributed by atoms with Gasteiger partial charge in [-0.15, -0.1) is 0 Å². The molecule has 3 heterocycles. The van der Waals surface area contributed by atoms with Gasteiger partial charge in [0.05, 0.1) is 17.9 Å². The van der Waals surface area contributed by atoms with Crippen LogP contribution in [0.2, 0.25) is 0 Å². The van der Waals surface area contributed by atoms with E-state index in [1.54, 1.807) is 30.3 Å². The predicted octanol–water partition coefficient (Wildman–Crippen LogP) is 2.31. The van der Waals surface area contributed by atoms with Gasteiger partial charge >= 0.3 is 11.8 Å². The summed E-state index contributed by atoms with van der Waals surface area (Å²) in [4.78, 5) is 35.1. The van der Waals surface area contributed by atoms with E-state index in [2.05, 4.69) is 22.2 Å². The summed E-state index contributed by atoms with van der Waals surface area (Å²) in [6.07, 6.45) is 6.71. The Morgan fingerprint density at radius 2 is 2.00 bits per heavy atom. The Morgan fingerprint density at radius 1 is 1.27 bits per heavy atom. The molecular formula is C19H23N5O2. The monoisotopic (exact) mass is 353 g/mol. The third-order valence-corrected chi connectivity index (χ3v) is 4.74. The van der Waals surface area contributed by atoms with Crippen LogP contribution < -0.4 is 11.1 Å². The van der Waals surface area contributed by atoms with Crippen molar-refractivity contribution in [2.45, 2.75) is 32.7 Å². The lowest BCUT2D eigenvalue weighted by molar-refractivity contribution is -0.146. The number of aromatic nitrogens is 2. The van der Waals surface area contributed by atoms with E-state index in [1.807, 2.05) is 12.1 Å². The summed E-state index contributed by atoms with van der Waals surface area (Å²) in [6.45, 7) is 4.44. The summed E-state index contributed by atoms with van der Waals surface area (Å²) in [7, 11) is 0. The van der Waals surface area contributed by atoms with Crippen molar-refractivity contribution >= 4 is 23.3 Å². The normalized spacial score (nSPS) is 19.8. The minimum Gasteiger partial charge on any atom is -0.383 e. The van der Waals surface area contributed by atoms with Gasteiger partial charge < -0.3 is 16.0 Å². The molecular weight excluding hydrogens is 330 g/mol. The topological polar surface area (TPSA) is 101 Å². The number of carbonyl (C=O) groups is 2.